The van der Waals surface area contributed by atoms with E-state index in [1.807, 2.05) is 0 Å². The zero-order chi connectivity index (χ0) is 11.3. The maximum Gasteiger partial charge on any atom is 0.126 e. The first-order chi connectivity index (χ1) is 7.19. The Morgan fingerprint density at radius 3 is 2.69 bits per heavy atom. The Kier molecular flexibility index (Phi) is 7.10. The Labute approximate surface area is 102 Å². The molecule has 92 valence electrons. The quantitative estimate of drug-likeness (QED) is 0.865. The van der Waals surface area contributed by atoms with Crippen molar-refractivity contribution in [3.63, 3.8) is 0 Å². The lowest BCUT2D eigenvalue weighted by Gasteiger charge is -2.15. The van der Waals surface area contributed by atoms with Gasteiger partial charge in [0.1, 0.15) is 11.6 Å². The molecule has 16 heavy (non-hydrogen) atoms. The molecular weight excluding hydrogens is 229 g/mol. The zero-order valence-electron chi connectivity index (χ0n) is 9.70. The van der Waals surface area contributed by atoms with E-state index < -0.39 is 0 Å². The van der Waals surface area contributed by atoms with Crippen LogP contribution in [0.2, 0.25) is 0 Å². The maximum atomic E-state index is 12.9. The molecule has 0 amide bonds. The number of rotatable bonds is 5. The minimum atomic E-state index is -0.293. The van der Waals surface area contributed by atoms with Crippen molar-refractivity contribution in [3.8, 4) is 5.75 Å². The number of benzene rings is 1. The van der Waals surface area contributed by atoms with Crippen LogP contribution >= 0.6 is 12.4 Å². The molecule has 1 aromatic carbocycles. The number of nitrogens with two attached hydrogens (primary N) is 1. The summed E-state index contributed by atoms with van der Waals surface area (Å²) in [7, 11) is 1.53. The average Bonchev–Trinajstić information content (AvgIpc) is 2.25. The summed E-state index contributed by atoms with van der Waals surface area (Å²) in [5, 5.41) is 0. The zero-order valence-corrected chi connectivity index (χ0v) is 10.5. The Balaban J connectivity index is 0.00000225. The van der Waals surface area contributed by atoms with E-state index in [1.165, 1.54) is 19.2 Å². The van der Waals surface area contributed by atoms with E-state index in [4.69, 9.17) is 10.5 Å². The minimum Gasteiger partial charge on any atom is -0.496 e. The van der Waals surface area contributed by atoms with Crippen molar-refractivity contribution in [1.29, 1.82) is 0 Å². The Morgan fingerprint density at radius 2 is 2.12 bits per heavy atom. The molecule has 0 spiro atoms. The molecule has 1 aromatic rings. The van der Waals surface area contributed by atoms with Crippen molar-refractivity contribution < 1.29 is 9.13 Å². The Bertz CT molecular complexity index is 320. The van der Waals surface area contributed by atoms with Crippen LogP contribution in [0.5, 0.6) is 5.75 Å². The number of methoxy groups -OCH3 is 1. The molecule has 0 aromatic heterocycles. The molecule has 0 saturated carbocycles. The van der Waals surface area contributed by atoms with E-state index in [1.54, 1.807) is 6.07 Å². The van der Waals surface area contributed by atoms with Crippen LogP contribution in [0.15, 0.2) is 18.2 Å². The van der Waals surface area contributed by atoms with E-state index in [-0.39, 0.29) is 24.3 Å². The standard InChI is InChI=1S/C12H18FNO.ClH/c1-3-4-5-11(14)10-7-6-9(13)8-12(10)15-2;/h6-8,11H,3-5,14H2,1-2H3;1H/t11-;/m1./s1. The van der Waals surface area contributed by atoms with Crippen LogP contribution in [-0.4, -0.2) is 7.11 Å². The molecule has 1 rings (SSSR count). The third-order valence-electron chi connectivity index (χ3n) is 2.46. The van der Waals surface area contributed by atoms with E-state index in [2.05, 4.69) is 6.92 Å². The first kappa shape index (κ1) is 15.2. The predicted molar refractivity (Wildman–Crippen MR) is 66.7 cm³/mol. The van der Waals surface area contributed by atoms with Gasteiger partial charge in [-0.05, 0) is 12.5 Å². The number of ether oxygens (including phenoxy) is 1. The molecule has 0 aliphatic heterocycles. The molecular formula is C12H19ClFNO. The van der Waals surface area contributed by atoms with Crippen molar-refractivity contribution >= 4 is 12.4 Å². The van der Waals surface area contributed by atoms with E-state index >= 15 is 0 Å². The highest BCUT2D eigenvalue weighted by molar-refractivity contribution is 5.85. The molecule has 0 aliphatic rings. The normalized spacial score (nSPS) is 11.8. The smallest absolute Gasteiger partial charge is 0.126 e. The van der Waals surface area contributed by atoms with Crippen LogP contribution in [0.1, 0.15) is 37.8 Å². The lowest BCUT2D eigenvalue weighted by Crippen LogP contribution is -2.11. The Hall–Kier alpha value is -0.800. The summed E-state index contributed by atoms with van der Waals surface area (Å²) in [6.45, 7) is 2.12. The lowest BCUT2D eigenvalue weighted by molar-refractivity contribution is 0.400. The summed E-state index contributed by atoms with van der Waals surface area (Å²) >= 11 is 0. The van der Waals surface area contributed by atoms with Crippen molar-refractivity contribution in [2.75, 3.05) is 7.11 Å². The SMILES string of the molecule is CCCC[C@@H](N)c1ccc(F)cc1OC.Cl. The fourth-order valence-corrected chi connectivity index (χ4v) is 1.57. The van der Waals surface area contributed by atoms with Crippen LogP contribution in [0.25, 0.3) is 0 Å². The van der Waals surface area contributed by atoms with Gasteiger partial charge in [-0.2, -0.15) is 0 Å². The fraction of sp³-hybridized carbons (Fsp3) is 0.500. The van der Waals surface area contributed by atoms with Crippen LogP contribution in [0.4, 0.5) is 4.39 Å². The molecule has 4 heteroatoms. The van der Waals surface area contributed by atoms with Gasteiger partial charge in [-0.15, -0.1) is 12.4 Å². The molecule has 0 fully saturated rings. The lowest BCUT2D eigenvalue weighted by atomic mass is 10.0. The van der Waals surface area contributed by atoms with Crippen LogP contribution < -0.4 is 10.5 Å². The number of halogens is 2. The molecule has 0 bridgehead atoms. The average molecular weight is 248 g/mol. The van der Waals surface area contributed by atoms with Gasteiger partial charge in [-0.3, -0.25) is 0 Å². The summed E-state index contributed by atoms with van der Waals surface area (Å²) < 4.78 is 18.0. The van der Waals surface area contributed by atoms with Gasteiger partial charge in [0.15, 0.2) is 0 Å². The molecule has 0 radical (unpaired) electrons. The van der Waals surface area contributed by atoms with Gasteiger partial charge in [0, 0.05) is 17.7 Å². The van der Waals surface area contributed by atoms with Crippen molar-refractivity contribution in [1.82, 2.24) is 0 Å². The van der Waals surface area contributed by atoms with Gasteiger partial charge >= 0.3 is 0 Å². The topological polar surface area (TPSA) is 35.2 Å². The summed E-state index contributed by atoms with van der Waals surface area (Å²) in [5.41, 5.74) is 6.89. The number of hydrogen-bond donors (Lipinski definition) is 1. The summed E-state index contributed by atoms with van der Waals surface area (Å²) in [4.78, 5) is 0. The van der Waals surface area contributed by atoms with Crippen LogP contribution in [0, 0.1) is 5.82 Å². The van der Waals surface area contributed by atoms with Crippen molar-refractivity contribution in [2.24, 2.45) is 5.73 Å². The highest BCUT2D eigenvalue weighted by atomic mass is 35.5. The highest BCUT2D eigenvalue weighted by Crippen LogP contribution is 2.27. The minimum absolute atomic E-state index is 0. The van der Waals surface area contributed by atoms with Crippen molar-refractivity contribution in [2.45, 2.75) is 32.2 Å². The van der Waals surface area contributed by atoms with E-state index in [0.717, 1.165) is 24.8 Å². The third-order valence-corrected chi connectivity index (χ3v) is 2.46. The largest absolute Gasteiger partial charge is 0.496 e. The first-order valence-corrected chi connectivity index (χ1v) is 5.28. The van der Waals surface area contributed by atoms with Crippen LogP contribution in [0.3, 0.4) is 0 Å². The molecule has 2 N–H and O–H groups in total. The number of hydrogen-bond acceptors (Lipinski definition) is 2. The second kappa shape index (κ2) is 7.47. The fourth-order valence-electron chi connectivity index (χ4n) is 1.57. The Morgan fingerprint density at radius 1 is 1.44 bits per heavy atom. The van der Waals surface area contributed by atoms with E-state index in [9.17, 15) is 4.39 Å². The monoisotopic (exact) mass is 247 g/mol. The highest BCUT2D eigenvalue weighted by Gasteiger charge is 2.11. The van der Waals surface area contributed by atoms with Gasteiger partial charge in [-0.25, -0.2) is 4.39 Å². The summed E-state index contributed by atoms with van der Waals surface area (Å²) in [5.74, 6) is 0.247. The second-order valence-electron chi connectivity index (χ2n) is 3.63. The van der Waals surface area contributed by atoms with Gasteiger partial charge in [-0.1, -0.05) is 25.8 Å². The predicted octanol–water partition coefficient (Wildman–Crippen LogP) is 3.45. The molecule has 0 aliphatic carbocycles. The van der Waals surface area contributed by atoms with E-state index in [0.29, 0.717) is 5.75 Å². The third kappa shape index (κ3) is 3.99. The first-order valence-electron chi connectivity index (χ1n) is 5.28. The molecule has 0 heterocycles. The number of unbranched alkanes of at least 4 members (excludes halogenated alkanes) is 1. The summed E-state index contributed by atoms with van der Waals surface area (Å²) in [6, 6.07) is 4.43. The second-order valence-corrected chi connectivity index (χ2v) is 3.63. The maximum absolute atomic E-state index is 12.9. The summed E-state index contributed by atoms with van der Waals surface area (Å²) in [6.07, 6.45) is 3.08. The van der Waals surface area contributed by atoms with Gasteiger partial charge in [0.05, 0.1) is 7.11 Å². The molecule has 0 unspecified atom stereocenters. The van der Waals surface area contributed by atoms with Gasteiger partial charge in [0.25, 0.3) is 0 Å². The van der Waals surface area contributed by atoms with Gasteiger partial charge < -0.3 is 10.5 Å². The molecule has 1 atom stereocenters. The van der Waals surface area contributed by atoms with Crippen LogP contribution in [-0.2, 0) is 0 Å². The molecule has 2 nitrogen and oxygen atoms in total. The van der Waals surface area contributed by atoms with Gasteiger partial charge in [0.2, 0.25) is 0 Å². The van der Waals surface area contributed by atoms with Crippen molar-refractivity contribution in [3.05, 3.63) is 29.6 Å². The molecule has 0 saturated heterocycles.